The molecule has 1 amide bonds. The molecule has 0 bridgehead atoms. The molecule has 1 saturated heterocycles. The fourth-order valence-electron chi connectivity index (χ4n) is 2.09. The van der Waals surface area contributed by atoms with E-state index in [-0.39, 0.29) is 36.2 Å². The Bertz CT molecular complexity index is 519. The van der Waals surface area contributed by atoms with Crippen LogP contribution < -0.4 is 15.4 Å². The molecule has 110 valence electrons. The van der Waals surface area contributed by atoms with Gasteiger partial charge in [-0.05, 0) is 24.6 Å². The summed E-state index contributed by atoms with van der Waals surface area (Å²) in [6.07, 6.45) is -4.62. The van der Waals surface area contributed by atoms with E-state index in [4.69, 9.17) is 5.73 Å². The van der Waals surface area contributed by atoms with E-state index in [2.05, 4.69) is 4.74 Å². The summed E-state index contributed by atoms with van der Waals surface area (Å²) in [4.78, 5) is 13.0. The lowest BCUT2D eigenvalue weighted by Gasteiger charge is -2.19. The summed E-state index contributed by atoms with van der Waals surface area (Å²) in [6, 6.07) is 3.02. The second-order valence-electron chi connectivity index (χ2n) is 4.51. The molecule has 1 aliphatic rings. The molecule has 0 radical (unpaired) electrons. The minimum Gasteiger partial charge on any atom is -0.506 e. The summed E-state index contributed by atoms with van der Waals surface area (Å²) in [7, 11) is 0. The van der Waals surface area contributed by atoms with Gasteiger partial charge in [0.25, 0.3) is 0 Å². The molecule has 1 heterocycles. The van der Waals surface area contributed by atoms with Crippen LogP contribution in [0.3, 0.4) is 0 Å². The maximum atomic E-state index is 12.2. The van der Waals surface area contributed by atoms with Gasteiger partial charge in [0, 0.05) is 19.0 Å². The second-order valence-corrected chi connectivity index (χ2v) is 4.51. The van der Waals surface area contributed by atoms with Crippen LogP contribution in [-0.2, 0) is 4.79 Å². The van der Waals surface area contributed by atoms with Gasteiger partial charge in [0.1, 0.15) is 11.5 Å². The van der Waals surface area contributed by atoms with Gasteiger partial charge in [-0.1, -0.05) is 0 Å². The molecule has 1 aromatic rings. The number of hydrogen-bond donors (Lipinski definition) is 2. The Balaban J connectivity index is 2.27. The van der Waals surface area contributed by atoms with Crippen LogP contribution in [0.5, 0.6) is 11.5 Å². The van der Waals surface area contributed by atoms with E-state index in [1.165, 1.54) is 4.90 Å². The Kier molecular flexibility index (Phi) is 3.76. The number of rotatable bonds is 3. The number of halogens is 3. The first kappa shape index (κ1) is 14.4. The first-order valence-electron chi connectivity index (χ1n) is 5.89. The molecular formula is C12H13F3N2O3. The average molecular weight is 290 g/mol. The molecule has 1 aromatic carbocycles. The molecule has 5 nitrogen and oxygen atoms in total. The van der Waals surface area contributed by atoms with Gasteiger partial charge in [0.05, 0.1) is 5.69 Å². The van der Waals surface area contributed by atoms with Crippen molar-refractivity contribution < 1.29 is 27.8 Å². The Morgan fingerprint density at radius 3 is 2.70 bits per heavy atom. The third-order valence-electron chi connectivity index (χ3n) is 3.01. The second kappa shape index (κ2) is 5.20. The van der Waals surface area contributed by atoms with E-state index in [0.29, 0.717) is 6.54 Å². The number of hydrogen-bond acceptors (Lipinski definition) is 4. The Labute approximate surface area is 112 Å². The molecule has 3 N–H and O–H groups in total. The van der Waals surface area contributed by atoms with Crippen LogP contribution in [0.15, 0.2) is 18.2 Å². The Morgan fingerprint density at radius 2 is 2.15 bits per heavy atom. The summed E-state index contributed by atoms with van der Waals surface area (Å²) in [6.45, 7) is 0.556. The zero-order valence-corrected chi connectivity index (χ0v) is 10.4. The average Bonchev–Trinajstić information content (AvgIpc) is 2.71. The summed E-state index contributed by atoms with van der Waals surface area (Å²) in [5.41, 5.74) is 5.47. The number of nitrogens with zero attached hydrogens (tertiary/aromatic N) is 1. The highest BCUT2D eigenvalue weighted by atomic mass is 19.4. The number of aromatic hydroxyl groups is 1. The standard InChI is InChI=1S/C12H13F3N2O3/c13-12(14,15)20-8-1-2-10(18)9(4-8)17-6-7(5-16)3-11(17)19/h1-2,4,7,18H,3,5-6,16H2. The van der Waals surface area contributed by atoms with Crippen molar-refractivity contribution in [3.8, 4) is 11.5 Å². The van der Waals surface area contributed by atoms with Crippen LogP contribution in [0.2, 0.25) is 0 Å². The summed E-state index contributed by atoms with van der Waals surface area (Å²) < 4.78 is 40.3. The number of benzene rings is 1. The van der Waals surface area contributed by atoms with Gasteiger partial charge in [-0.15, -0.1) is 13.2 Å². The van der Waals surface area contributed by atoms with Gasteiger partial charge in [0.2, 0.25) is 5.91 Å². The van der Waals surface area contributed by atoms with Crippen molar-refractivity contribution in [2.24, 2.45) is 11.7 Å². The van der Waals surface area contributed by atoms with Crippen molar-refractivity contribution in [1.82, 2.24) is 0 Å². The molecular weight excluding hydrogens is 277 g/mol. The zero-order chi connectivity index (χ0) is 14.9. The molecule has 1 aliphatic heterocycles. The number of phenols is 1. The molecule has 20 heavy (non-hydrogen) atoms. The van der Waals surface area contributed by atoms with Crippen LogP contribution in [0, 0.1) is 5.92 Å². The highest BCUT2D eigenvalue weighted by Gasteiger charge is 2.34. The first-order chi connectivity index (χ1) is 9.30. The van der Waals surface area contributed by atoms with E-state index in [1.807, 2.05) is 0 Å². The summed E-state index contributed by atoms with van der Waals surface area (Å²) in [5, 5.41) is 9.71. The number of phenolic OH excluding ortho intramolecular Hbond substituents is 1. The fraction of sp³-hybridized carbons (Fsp3) is 0.417. The molecule has 0 saturated carbocycles. The van der Waals surface area contributed by atoms with Crippen molar-refractivity contribution in [1.29, 1.82) is 0 Å². The molecule has 2 rings (SSSR count). The third kappa shape index (κ3) is 3.13. The number of carbonyl (C=O) groups excluding carboxylic acids is 1. The van der Waals surface area contributed by atoms with Crippen LogP contribution in [-0.4, -0.2) is 30.5 Å². The van der Waals surface area contributed by atoms with E-state index >= 15 is 0 Å². The lowest BCUT2D eigenvalue weighted by Crippen LogP contribution is -2.26. The van der Waals surface area contributed by atoms with E-state index < -0.39 is 12.1 Å². The number of nitrogens with two attached hydrogens (primary N) is 1. The number of anilines is 1. The predicted octanol–water partition coefficient (Wildman–Crippen LogP) is 1.60. The van der Waals surface area contributed by atoms with Crippen LogP contribution in [0.4, 0.5) is 18.9 Å². The highest BCUT2D eigenvalue weighted by molar-refractivity contribution is 5.97. The molecule has 0 aliphatic carbocycles. The van der Waals surface area contributed by atoms with Crippen LogP contribution >= 0.6 is 0 Å². The van der Waals surface area contributed by atoms with Gasteiger partial charge >= 0.3 is 6.36 Å². The fourth-order valence-corrected chi connectivity index (χ4v) is 2.09. The molecule has 1 fully saturated rings. The minimum atomic E-state index is -4.83. The van der Waals surface area contributed by atoms with Crippen LogP contribution in [0.25, 0.3) is 0 Å². The van der Waals surface area contributed by atoms with Gasteiger partial charge in [-0.25, -0.2) is 0 Å². The lowest BCUT2D eigenvalue weighted by molar-refractivity contribution is -0.274. The number of carbonyl (C=O) groups is 1. The SMILES string of the molecule is NCC1CC(=O)N(c2cc(OC(F)(F)F)ccc2O)C1. The molecule has 8 heteroatoms. The van der Waals surface area contributed by atoms with Gasteiger partial charge < -0.3 is 20.5 Å². The van der Waals surface area contributed by atoms with Crippen molar-refractivity contribution >= 4 is 11.6 Å². The van der Waals surface area contributed by atoms with Gasteiger partial charge in [-0.3, -0.25) is 4.79 Å². The summed E-state index contributed by atoms with van der Waals surface area (Å²) in [5.74, 6) is -1.14. The lowest BCUT2D eigenvalue weighted by atomic mass is 10.1. The van der Waals surface area contributed by atoms with Gasteiger partial charge in [-0.2, -0.15) is 0 Å². The van der Waals surface area contributed by atoms with E-state index in [9.17, 15) is 23.1 Å². The molecule has 0 aromatic heterocycles. The normalized spacial score (nSPS) is 19.5. The third-order valence-corrected chi connectivity index (χ3v) is 3.01. The topological polar surface area (TPSA) is 75.8 Å². The first-order valence-corrected chi connectivity index (χ1v) is 5.89. The van der Waals surface area contributed by atoms with E-state index in [1.54, 1.807) is 0 Å². The quantitative estimate of drug-likeness (QED) is 0.886. The zero-order valence-electron chi connectivity index (χ0n) is 10.4. The number of amides is 1. The Hall–Kier alpha value is -1.96. The molecule has 1 atom stereocenters. The number of ether oxygens (including phenoxy) is 1. The maximum Gasteiger partial charge on any atom is 0.573 e. The highest BCUT2D eigenvalue weighted by Crippen LogP contribution is 2.36. The minimum absolute atomic E-state index is 0.00676. The van der Waals surface area contributed by atoms with Gasteiger partial charge in [0.15, 0.2) is 0 Å². The van der Waals surface area contributed by atoms with Crippen LogP contribution in [0.1, 0.15) is 6.42 Å². The van der Waals surface area contributed by atoms with Crippen molar-refractivity contribution in [3.63, 3.8) is 0 Å². The van der Waals surface area contributed by atoms with E-state index in [0.717, 1.165) is 18.2 Å². The predicted molar refractivity (Wildman–Crippen MR) is 64.3 cm³/mol. The summed E-state index contributed by atoms with van der Waals surface area (Å²) >= 11 is 0. The van der Waals surface area contributed by atoms with Crippen molar-refractivity contribution in [3.05, 3.63) is 18.2 Å². The smallest absolute Gasteiger partial charge is 0.506 e. The van der Waals surface area contributed by atoms with Crippen molar-refractivity contribution in [2.75, 3.05) is 18.0 Å². The molecule has 1 unspecified atom stereocenters. The molecule has 0 spiro atoms. The largest absolute Gasteiger partial charge is 0.573 e. The number of alkyl halides is 3. The van der Waals surface area contributed by atoms with Crippen molar-refractivity contribution in [2.45, 2.75) is 12.8 Å². The maximum absolute atomic E-state index is 12.2. The monoisotopic (exact) mass is 290 g/mol. The Morgan fingerprint density at radius 1 is 1.45 bits per heavy atom.